The van der Waals surface area contributed by atoms with Crippen LogP contribution in [0.4, 0.5) is 0 Å². The summed E-state index contributed by atoms with van der Waals surface area (Å²) in [6.45, 7) is 6.72. The molecule has 1 atom stereocenters. The van der Waals surface area contributed by atoms with Crippen LogP contribution in [0.15, 0.2) is 24.3 Å². The number of aliphatic hydroxyl groups is 1. The largest absolute Gasteiger partial charge is 0.393 e. The molecule has 1 aliphatic carbocycles. The van der Waals surface area contributed by atoms with E-state index in [0.717, 1.165) is 18.8 Å². The van der Waals surface area contributed by atoms with Gasteiger partial charge in [-0.1, -0.05) is 83.6 Å². The van der Waals surface area contributed by atoms with Crippen LogP contribution in [0.25, 0.3) is 0 Å². The maximum absolute atomic E-state index is 10.4. The average Bonchev–Trinajstić information content (AvgIpc) is 2.67. The van der Waals surface area contributed by atoms with E-state index in [1.807, 2.05) is 0 Å². The summed E-state index contributed by atoms with van der Waals surface area (Å²) >= 11 is 0. The Hall–Kier alpha value is -0.820. The van der Waals surface area contributed by atoms with Gasteiger partial charge in [0.15, 0.2) is 0 Å². The molecule has 1 aromatic carbocycles. The number of benzene rings is 1. The predicted octanol–water partition coefficient (Wildman–Crippen LogP) is 5.25. The minimum Gasteiger partial charge on any atom is -0.393 e. The second kappa shape index (κ2) is 7.45. The minimum absolute atomic E-state index is 0.173. The fraction of sp³-hybridized carbons (Fsp3) is 0.700. The van der Waals surface area contributed by atoms with Gasteiger partial charge in [-0.25, -0.2) is 0 Å². The smallest absolute Gasteiger partial charge is 0.0583 e. The Bertz CT molecular complexity index is 404. The van der Waals surface area contributed by atoms with Crippen molar-refractivity contribution in [3.05, 3.63) is 35.4 Å². The molecule has 1 aliphatic rings. The van der Waals surface area contributed by atoms with Crippen molar-refractivity contribution in [3.8, 4) is 0 Å². The van der Waals surface area contributed by atoms with Crippen molar-refractivity contribution in [2.24, 2.45) is 5.92 Å². The number of hydrogen-bond acceptors (Lipinski definition) is 1. The van der Waals surface area contributed by atoms with Crippen LogP contribution < -0.4 is 0 Å². The van der Waals surface area contributed by atoms with Crippen molar-refractivity contribution in [1.29, 1.82) is 0 Å². The SMILES string of the molecule is CC(C)(C)c1ccc(CC(O)CC2CCCCCC2)cc1. The zero-order valence-corrected chi connectivity index (χ0v) is 14.1. The first kappa shape index (κ1) is 16.5. The topological polar surface area (TPSA) is 20.2 Å². The summed E-state index contributed by atoms with van der Waals surface area (Å²) in [5.74, 6) is 0.747. The molecule has 0 spiro atoms. The van der Waals surface area contributed by atoms with Crippen molar-refractivity contribution in [2.75, 3.05) is 0 Å². The second-order valence-corrected chi connectivity index (χ2v) is 7.90. The highest BCUT2D eigenvalue weighted by atomic mass is 16.3. The first-order valence-electron chi connectivity index (χ1n) is 8.72. The number of rotatable bonds is 4. The minimum atomic E-state index is -0.173. The molecule has 0 radical (unpaired) electrons. The van der Waals surface area contributed by atoms with Crippen molar-refractivity contribution in [3.63, 3.8) is 0 Å². The lowest BCUT2D eigenvalue weighted by Crippen LogP contribution is -2.16. The van der Waals surface area contributed by atoms with Crippen molar-refractivity contribution < 1.29 is 5.11 Å². The zero-order valence-electron chi connectivity index (χ0n) is 14.1. The molecule has 1 saturated carbocycles. The van der Waals surface area contributed by atoms with E-state index in [9.17, 15) is 5.11 Å². The van der Waals surface area contributed by atoms with E-state index in [0.29, 0.717) is 0 Å². The van der Waals surface area contributed by atoms with Crippen LogP contribution in [0, 0.1) is 5.92 Å². The molecule has 0 aliphatic heterocycles. The molecule has 1 unspecified atom stereocenters. The van der Waals surface area contributed by atoms with E-state index in [4.69, 9.17) is 0 Å². The molecule has 1 N–H and O–H groups in total. The molecule has 0 saturated heterocycles. The summed E-state index contributed by atoms with van der Waals surface area (Å²) in [5, 5.41) is 10.4. The summed E-state index contributed by atoms with van der Waals surface area (Å²) in [6.07, 6.45) is 9.76. The van der Waals surface area contributed by atoms with Gasteiger partial charge < -0.3 is 5.11 Å². The van der Waals surface area contributed by atoms with Gasteiger partial charge in [0.05, 0.1) is 6.10 Å². The van der Waals surface area contributed by atoms with Crippen LogP contribution >= 0.6 is 0 Å². The van der Waals surface area contributed by atoms with E-state index < -0.39 is 0 Å². The molecule has 0 bridgehead atoms. The van der Waals surface area contributed by atoms with E-state index in [1.165, 1.54) is 49.7 Å². The Morgan fingerprint density at radius 2 is 1.57 bits per heavy atom. The molecular weight excluding hydrogens is 256 g/mol. The molecule has 0 aromatic heterocycles. The van der Waals surface area contributed by atoms with Gasteiger partial charge in [0.1, 0.15) is 0 Å². The molecule has 1 aromatic rings. The third-order valence-corrected chi connectivity index (χ3v) is 4.87. The molecular formula is C20H32O. The van der Waals surface area contributed by atoms with Crippen molar-refractivity contribution in [2.45, 2.75) is 83.7 Å². The summed E-state index contributed by atoms with van der Waals surface area (Å²) in [5.41, 5.74) is 2.84. The lowest BCUT2D eigenvalue weighted by Gasteiger charge is -2.21. The van der Waals surface area contributed by atoms with Gasteiger partial charge in [0.25, 0.3) is 0 Å². The van der Waals surface area contributed by atoms with Gasteiger partial charge >= 0.3 is 0 Å². The molecule has 118 valence electrons. The highest BCUT2D eigenvalue weighted by molar-refractivity contribution is 5.27. The maximum Gasteiger partial charge on any atom is 0.0583 e. The third-order valence-electron chi connectivity index (χ3n) is 4.87. The first-order valence-corrected chi connectivity index (χ1v) is 8.72. The lowest BCUT2D eigenvalue weighted by molar-refractivity contribution is 0.137. The van der Waals surface area contributed by atoms with Crippen molar-refractivity contribution >= 4 is 0 Å². The number of hydrogen-bond donors (Lipinski definition) is 1. The molecule has 1 nitrogen and oxygen atoms in total. The molecule has 2 rings (SSSR count). The predicted molar refractivity (Wildman–Crippen MR) is 90.7 cm³/mol. The van der Waals surface area contributed by atoms with Crippen molar-refractivity contribution in [1.82, 2.24) is 0 Å². The van der Waals surface area contributed by atoms with E-state index in [1.54, 1.807) is 0 Å². The van der Waals surface area contributed by atoms with Crippen LogP contribution in [-0.2, 0) is 11.8 Å². The van der Waals surface area contributed by atoms with Gasteiger partial charge in [0.2, 0.25) is 0 Å². The Balaban J connectivity index is 1.85. The first-order chi connectivity index (χ1) is 9.95. The lowest BCUT2D eigenvalue weighted by atomic mass is 9.86. The van der Waals surface area contributed by atoms with Crippen LogP contribution in [0.2, 0.25) is 0 Å². The Morgan fingerprint density at radius 1 is 1.00 bits per heavy atom. The van der Waals surface area contributed by atoms with Crippen LogP contribution in [0.3, 0.4) is 0 Å². The second-order valence-electron chi connectivity index (χ2n) is 7.90. The van der Waals surface area contributed by atoms with Gasteiger partial charge in [-0.2, -0.15) is 0 Å². The summed E-state index contributed by atoms with van der Waals surface area (Å²) < 4.78 is 0. The summed E-state index contributed by atoms with van der Waals surface area (Å²) in [6, 6.07) is 8.81. The van der Waals surface area contributed by atoms with E-state index in [2.05, 4.69) is 45.0 Å². The molecule has 21 heavy (non-hydrogen) atoms. The highest BCUT2D eigenvalue weighted by Gasteiger charge is 2.17. The maximum atomic E-state index is 10.4. The van der Waals surface area contributed by atoms with Gasteiger partial charge in [-0.05, 0) is 35.3 Å². The van der Waals surface area contributed by atoms with Gasteiger partial charge in [-0.3, -0.25) is 0 Å². The van der Waals surface area contributed by atoms with E-state index in [-0.39, 0.29) is 11.5 Å². The summed E-state index contributed by atoms with van der Waals surface area (Å²) in [4.78, 5) is 0. The fourth-order valence-electron chi connectivity index (χ4n) is 3.48. The molecule has 1 heteroatoms. The Kier molecular flexibility index (Phi) is 5.87. The average molecular weight is 288 g/mol. The Labute approximate surface area is 130 Å². The van der Waals surface area contributed by atoms with Crippen LogP contribution in [-0.4, -0.2) is 11.2 Å². The molecule has 0 amide bonds. The van der Waals surface area contributed by atoms with Gasteiger partial charge in [-0.15, -0.1) is 0 Å². The molecule has 1 fully saturated rings. The fourth-order valence-corrected chi connectivity index (χ4v) is 3.48. The van der Waals surface area contributed by atoms with Gasteiger partial charge in [0, 0.05) is 0 Å². The van der Waals surface area contributed by atoms with Crippen LogP contribution in [0.5, 0.6) is 0 Å². The third kappa shape index (κ3) is 5.47. The Morgan fingerprint density at radius 3 is 2.10 bits per heavy atom. The zero-order chi connectivity index (χ0) is 15.3. The normalized spacial score (nSPS) is 19.2. The quantitative estimate of drug-likeness (QED) is 0.750. The standard InChI is InChI=1S/C20H32O/c1-20(2,3)18-12-10-17(11-13-18)15-19(21)14-16-8-6-4-5-7-9-16/h10-13,16,19,21H,4-9,14-15H2,1-3H3. The number of aliphatic hydroxyl groups excluding tert-OH is 1. The monoisotopic (exact) mass is 288 g/mol. The summed E-state index contributed by atoms with van der Waals surface area (Å²) in [7, 11) is 0. The van der Waals surface area contributed by atoms with E-state index >= 15 is 0 Å². The van der Waals surface area contributed by atoms with Crippen LogP contribution in [0.1, 0.15) is 76.8 Å². The highest BCUT2D eigenvalue weighted by Crippen LogP contribution is 2.27. The molecule has 0 heterocycles.